The molecule has 0 saturated carbocycles. The number of unbranched alkanes of at least 4 members (excludes halogenated alkanes) is 18. The first-order chi connectivity index (χ1) is 32.6. The van der Waals surface area contributed by atoms with Gasteiger partial charge < -0.3 is 14.2 Å². The Morgan fingerprint density at radius 2 is 0.727 bits per heavy atom. The van der Waals surface area contributed by atoms with Gasteiger partial charge in [0.15, 0.2) is 6.10 Å². The smallest absolute Gasteiger partial charge is 0.310 e. The first kappa shape index (κ1) is 62.3. The van der Waals surface area contributed by atoms with Crippen molar-refractivity contribution in [1.82, 2.24) is 0 Å². The van der Waals surface area contributed by atoms with Gasteiger partial charge in [-0.2, -0.15) is 0 Å². The third kappa shape index (κ3) is 52.9. The minimum Gasteiger partial charge on any atom is -0.462 e. The number of carbonyl (C=O) groups is 2. The molecule has 5 nitrogen and oxygen atoms in total. The van der Waals surface area contributed by atoms with Crippen LogP contribution >= 0.6 is 0 Å². The van der Waals surface area contributed by atoms with E-state index in [0.717, 1.165) is 96.3 Å². The third-order valence-corrected chi connectivity index (χ3v) is 11.0. The Kier molecular flexibility index (Phi) is 52.5. The molecule has 0 heterocycles. The van der Waals surface area contributed by atoms with Crippen LogP contribution in [0.3, 0.4) is 0 Å². The van der Waals surface area contributed by atoms with Gasteiger partial charge in [0, 0.05) is 13.0 Å². The quantitative estimate of drug-likeness (QED) is 0.0346. The van der Waals surface area contributed by atoms with Gasteiger partial charge in [-0.3, -0.25) is 9.59 Å². The Balaban J connectivity index is 4.44. The van der Waals surface area contributed by atoms with Crippen LogP contribution in [-0.4, -0.2) is 37.9 Å². The van der Waals surface area contributed by atoms with E-state index in [2.05, 4.69) is 130 Å². The van der Waals surface area contributed by atoms with Crippen molar-refractivity contribution in [2.45, 2.75) is 232 Å². The molecule has 0 aliphatic carbocycles. The minimum atomic E-state index is -0.610. The highest BCUT2D eigenvalue weighted by atomic mass is 16.6. The summed E-state index contributed by atoms with van der Waals surface area (Å²) in [6.07, 6.45) is 78.0. The molecular weight excluding hydrogens is 813 g/mol. The highest BCUT2D eigenvalue weighted by Gasteiger charge is 2.17. The second-order valence-electron chi connectivity index (χ2n) is 17.4. The molecule has 5 heteroatoms. The molecule has 0 fully saturated rings. The number of esters is 2. The second kappa shape index (κ2) is 55.6. The van der Waals surface area contributed by atoms with Crippen molar-refractivity contribution in [3.05, 3.63) is 122 Å². The van der Waals surface area contributed by atoms with Gasteiger partial charge in [0.25, 0.3) is 0 Å². The number of carbonyl (C=O) groups excluding carboxylic acids is 2. The average Bonchev–Trinajstić information content (AvgIpc) is 3.32. The van der Waals surface area contributed by atoms with Gasteiger partial charge in [-0.1, -0.05) is 219 Å². The molecule has 0 aliphatic heterocycles. The van der Waals surface area contributed by atoms with Gasteiger partial charge in [-0.25, -0.2) is 0 Å². The Labute approximate surface area is 407 Å². The first-order valence-electron chi connectivity index (χ1n) is 27.1. The first-order valence-corrected chi connectivity index (χ1v) is 27.1. The van der Waals surface area contributed by atoms with Gasteiger partial charge >= 0.3 is 11.9 Å². The minimum absolute atomic E-state index is 0.0272. The summed E-state index contributed by atoms with van der Waals surface area (Å²) >= 11 is 0. The number of hydrogen-bond acceptors (Lipinski definition) is 5. The second-order valence-corrected chi connectivity index (χ2v) is 17.4. The molecule has 0 aromatic heterocycles. The van der Waals surface area contributed by atoms with E-state index in [1.54, 1.807) is 0 Å². The van der Waals surface area contributed by atoms with Gasteiger partial charge in [-0.15, -0.1) is 0 Å². The number of hydrogen-bond donors (Lipinski definition) is 0. The molecule has 1 atom stereocenters. The van der Waals surface area contributed by atoms with Crippen LogP contribution in [0.25, 0.3) is 0 Å². The van der Waals surface area contributed by atoms with Crippen molar-refractivity contribution in [2.75, 3.05) is 19.8 Å². The SMILES string of the molecule is CC/C=C\C/C=C\C/C=C\C/C=C\C/C=C\CC(=O)OC(COCCCCCCCC/C=C\C/C=C\CCCCC)COC(=O)CCCCCCCC/C=C\C/C=C\C/C=C\CCCCC. The lowest BCUT2D eigenvalue weighted by Crippen LogP contribution is -2.29. The van der Waals surface area contributed by atoms with Crippen LogP contribution in [-0.2, 0) is 23.8 Å². The topological polar surface area (TPSA) is 61.8 Å². The van der Waals surface area contributed by atoms with Crippen LogP contribution in [0.15, 0.2) is 122 Å². The molecule has 0 radical (unpaired) electrons. The Hall–Kier alpha value is -3.70. The van der Waals surface area contributed by atoms with Gasteiger partial charge in [-0.05, 0) is 116 Å². The van der Waals surface area contributed by atoms with Crippen molar-refractivity contribution in [3.63, 3.8) is 0 Å². The van der Waals surface area contributed by atoms with Crippen LogP contribution in [0.2, 0.25) is 0 Å². The molecule has 1 unspecified atom stereocenters. The summed E-state index contributed by atoms with van der Waals surface area (Å²) in [5.41, 5.74) is 0. The largest absolute Gasteiger partial charge is 0.462 e. The third-order valence-electron chi connectivity index (χ3n) is 11.0. The molecular formula is C61H100O5. The van der Waals surface area contributed by atoms with E-state index in [0.29, 0.717) is 13.0 Å². The normalized spacial score (nSPS) is 13.2. The fourth-order valence-corrected chi connectivity index (χ4v) is 6.97. The lowest BCUT2D eigenvalue weighted by atomic mass is 10.1. The fraction of sp³-hybridized carbons (Fsp3) is 0.639. The van der Waals surface area contributed by atoms with Crippen LogP contribution in [0.1, 0.15) is 226 Å². The van der Waals surface area contributed by atoms with E-state index >= 15 is 0 Å². The molecule has 0 bridgehead atoms. The predicted octanol–water partition coefficient (Wildman–Crippen LogP) is 18.6. The molecule has 374 valence electrons. The molecule has 0 aromatic carbocycles. The zero-order valence-corrected chi connectivity index (χ0v) is 42.9. The van der Waals surface area contributed by atoms with Crippen molar-refractivity contribution in [1.29, 1.82) is 0 Å². The fourth-order valence-electron chi connectivity index (χ4n) is 6.97. The molecule has 0 spiro atoms. The lowest BCUT2D eigenvalue weighted by Gasteiger charge is -2.18. The predicted molar refractivity (Wildman–Crippen MR) is 288 cm³/mol. The molecule has 0 amide bonds. The molecule has 0 aromatic rings. The van der Waals surface area contributed by atoms with E-state index in [-0.39, 0.29) is 31.6 Å². The lowest BCUT2D eigenvalue weighted by molar-refractivity contribution is -0.162. The van der Waals surface area contributed by atoms with E-state index in [9.17, 15) is 9.59 Å². The van der Waals surface area contributed by atoms with Crippen LogP contribution in [0.5, 0.6) is 0 Å². The molecule has 0 saturated heterocycles. The Bertz CT molecular complexity index is 1350. The van der Waals surface area contributed by atoms with Crippen LogP contribution in [0.4, 0.5) is 0 Å². The zero-order chi connectivity index (χ0) is 47.7. The number of rotatable bonds is 48. The van der Waals surface area contributed by atoms with Gasteiger partial charge in [0.2, 0.25) is 0 Å². The molecule has 0 rings (SSSR count). The highest BCUT2D eigenvalue weighted by molar-refractivity contribution is 5.71. The van der Waals surface area contributed by atoms with E-state index < -0.39 is 6.10 Å². The highest BCUT2D eigenvalue weighted by Crippen LogP contribution is 2.12. The summed E-state index contributed by atoms with van der Waals surface area (Å²) in [6.45, 7) is 7.51. The summed E-state index contributed by atoms with van der Waals surface area (Å²) in [7, 11) is 0. The van der Waals surface area contributed by atoms with Crippen LogP contribution < -0.4 is 0 Å². The summed E-state index contributed by atoms with van der Waals surface area (Å²) in [6, 6.07) is 0. The summed E-state index contributed by atoms with van der Waals surface area (Å²) in [5.74, 6) is -0.570. The van der Waals surface area contributed by atoms with E-state index in [1.165, 1.54) is 96.3 Å². The zero-order valence-electron chi connectivity index (χ0n) is 42.9. The summed E-state index contributed by atoms with van der Waals surface area (Å²) in [5, 5.41) is 0. The summed E-state index contributed by atoms with van der Waals surface area (Å²) in [4.78, 5) is 25.4. The van der Waals surface area contributed by atoms with Crippen molar-refractivity contribution in [3.8, 4) is 0 Å². The number of ether oxygens (including phenoxy) is 3. The van der Waals surface area contributed by atoms with E-state index in [1.807, 2.05) is 12.2 Å². The maximum Gasteiger partial charge on any atom is 0.310 e. The van der Waals surface area contributed by atoms with E-state index in [4.69, 9.17) is 14.2 Å². The van der Waals surface area contributed by atoms with Crippen molar-refractivity contribution < 1.29 is 23.8 Å². The maximum absolute atomic E-state index is 12.8. The molecule has 66 heavy (non-hydrogen) atoms. The molecule has 0 aliphatic rings. The molecule has 0 N–H and O–H groups in total. The van der Waals surface area contributed by atoms with Crippen LogP contribution in [0, 0.1) is 0 Å². The Morgan fingerprint density at radius 1 is 0.364 bits per heavy atom. The Morgan fingerprint density at radius 3 is 1.17 bits per heavy atom. The van der Waals surface area contributed by atoms with Gasteiger partial charge in [0.1, 0.15) is 6.61 Å². The van der Waals surface area contributed by atoms with Gasteiger partial charge in [0.05, 0.1) is 13.0 Å². The van der Waals surface area contributed by atoms with Crippen molar-refractivity contribution in [2.24, 2.45) is 0 Å². The maximum atomic E-state index is 12.8. The summed E-state index contributed by atoms with van der Waals surface area (Å²) < 4.78 is 17.3. The monoisotopic (exact) mass is 913 g/mol. The standard InChI is InChI=1S/C61H100O5/c1-4-7-10-13-16-19-22-25-28-30-31-32-34-36-39-42-45-48-51-54-60(62)65-58-59(57-64-56-53-50-47-44-41-38-35-29-26-23-20-17-14-11-8-5-2)66-61(63)55-52-49-46-43-40-37-33-27-24-21-18-15-12-9-6-3/h9,12,16-21,25-29,31-33,40,43,49,52,59H,4-8,10-11,13-15,22-24,30,34-39,41-42,44-48,50-51,53-58H2,1-3H3/b12-9-,19-16-,20-17-,21-18-,28-25-,29-26-,32-31-,33-27-,43-40-,52-49-. The number of allylic oxidation sites excluding steroid dienone is 19. The van der Waals surface area contributed by atoms with Crippen molar-refractivity contribution >= 4 is 11.9 Å². The average molecular weight is 913 g/mol.